The molecular formula is C14H15NO2. The van der Waals surface area contributed by atoms with Crippen molar-refractivity contribution < 1.29 is 9.90 Å². The summed E-state index contributed by atoms with van der Waals surface area (Å²) in [5.74, 6) is 0.182. The largest absolute Gasteiger partial charge is 0.511 e. The Morgan fingerprint density at radius 3 is 2.59 bits per heavy atom. The Hall–Kier alpha value is -1.90. The monoisotopic (exact) mass is 229 g/mol. The molecule has 3 nitrogen and oxygen atoms in total. The second kappa shape index (κ2) is 4.95. The number of ketones is 1. The maximum Gasteiger partial charge on any atom is 0.168 e. The molecule has 0 aliphatic heterocycles. The van der Waals surface area contributed by atoms with Crippen molar-refractivity contribution in [2.24, 2.45) is 4.99 Å². The highest BCUT2D eigenvalue weighted by molar-refractivity contribution is 6.23. The quantitative estimate of drug-likeness (QED) is 0.810. The van der Waals surface area contributed by atoms with E-state index in [9.17, 15) is 9.90 Å². The number of Topliss-reactive ketones (excluding diaryl/α,β-unsaturated/α-hetero) is 1. The van der Waals surface area contributed by atoms with E-state index in [1.807, 2.05) is 30.3 Å². The van der Waals surface area contributed by atoms with E-state index in [4.69, 9.17) is 0 Å². The fourth-order valence-electron chi connectivity index (χ4n) is 1.93. The first kappa shape index (κ1) is 11.6. The van der Waals surface area contributed by atoms with Crippen molar-refractivity contribution in [3.8, 4) is 0 Å². The zero-order valence-corrected chi connectivity index (χ0v) is 9.81. The van der Waals surface area contributed by atoms with Crippen LogP contribution >= 0.6 is 0 Å². The average Bonchev–Trinajstić information content (AvgIpc) is 2.67. The van der Waals surface area contributed by atoms with Crippen molar-refractivity contribution in [1.82, 2.24) is 0 Å². The van der Waals surface area contributed by atoms with Crippen molar-refractivity contribution in [3.05, 3.63) is 47.2 Å². The molecule has 0 atom stereocenters. The fraction of sp³-hybridized carbons (Fsp3) is 0.286. The molecule has 0 unspecified atom stereocenters. The molecule has 0 amide bonds. The number of aliphatic imine (C=N–C) groups is 1. The molecule has 2 rings (SSSR count). The zero-order chi connectivity index (χ0) is 12.3. The third-order valence-corrected chi connectivity index (χ3v) is 2.86. The number of carbonyl (C=O) groups is 1. The molecule has 3 heteroatoms. The van der Waals surface area contributed by atoms with Gasteiger partial charge in [0.25, 0.3) is 0 Å². The number of hydrogen-bond donors (Lipinski definition) is 1. The molecule has 0 heterocycles. The molecule has 1 aromatic carbocycles. The Balaban J connectivity index is 2.13. The molecule has 0 spiro atoms. The first-order valence-electron chi connectivity index (χ1n) is 5.69. The summed E-state index contributed by atoms with van der Waals surface area (Å²) in [4.78, 5) is 15.9. The number of allylic oxidation sites excluding steroid dienone is 2. The molecule has 0 bridgehead atoms. The molecule has 1 aromatic rings. The van der Waals surface area contributed by atoms with Gasteiger partial charge in [-0.1, -0.05) is 30.3 Å². The molecule has 0 saturated carbocycles. The topological polar surface area (TPSA) is 49.7 Å². The maximum atomic E-state index is 11.5. The number of hydrogen-bond acceptors (Lipinski definition) is 3. The van der Waals surface area contributed by atoms with Crippen LogP contribution in [0.3, 0.4) is 0 Å². The first-order chi connectivity index (χ1) is 8.18. The summed E-state index contributed by atoms with van der Waals surface area (Å²) in [6.45, 7) is 2.31. The highest BCUT2D eigenvalue weighted by Gasteiger charge is 2.24. The lowest BCUT2D eigenvalue weighted by Gasteiger charge is -2.02. The van der Waals surface area contributed by atoms with E-state index in [-0.39, 0.29) is 11.5 Å². The van der Waals surface area contributed by atoms with E-state index in [0.717, 1.165) is 5.56 Å². The second-order valence-corrected chi connectivity index (χ2v) is 4.13. The third kappa shape index (κ3) is 2.61. The lowest BCUT2D eigenvalue weighted by molar-refractivity contribution is -0.114. The predicted molar refractivity (Wildman–Crippen MR) is 67.2 cm³/mol. The van der Waals surface area contributed by atoms with E-state index < -0.39 is 0 Å². The third-order valence-electron chi connectivity index (χ3n) is 2.86. The average molecular weight is 229 g/mol. The Bertz CT molecular complexity index is 486. The van der Waals surface area contributed by atoms with E-state index in [2.05, 4.69) is 4.99 Å². The molecule has 0 aromatic heterocycles. The minimum absolute atomic E-state index is 0.00295. The van der Waals surface area contributed by atoms with Crippen molar-refractivity contribution in [1.29, 1.82) is 0 Å². The molecule has 0 fully saturated rings. The lowest BCUT2D eigenvalue weighted by Crippen LogP contribution is -2.07. The Morgan fingerprint density at radius 1 is 1.29 bits per heavy atom. The van der Waals surface area contributed by atoms with Gasteiger partial charge in [0.1, 0.15) is 5.76 Å². The lowest BCUT2D eigenvalue weighted by atomic mass is 10.1. The van der Waals surface area contributed by atoms with Gasteiger partial charge < -0.3 is 5.11 Å². The van der Waals surface area contributed by atoms with E-state index in [0.29, 0.717) is 30.7 Å². The van der Waals surface area contributed by atoms with Gasteiger partial charge >= 0.3 is 0 Å². The number of rotatable bonds is 3. The summed E-state index contributed by atoms with van der Waals surface area (Å²) in [7, 11) is 0. The van der Waals surface area contributed by atoms with Crippen LogP contribution in [0.25, 0.3) is 0 Å². The summed E-state index contributed by atoms with van der Waals surface area (Å²) >= 11 is 0. The van der Waals surface area contributed by atoms with Crippen molar-refractivity contribution in [2.75, 3.05) is 0 Å². The number of carbonyl (C=O) groups excluding carboxylic acids is 1. The van der Waals surface area contributed by atoms with Crippen LogP contribution < -0.4 is 0 Å². The van der Waals surface area contributed by atoms with Crippen molar-refractivity contribution >= 4 is 11.5 Å². The van der Waals surface area contributed by atoms with Crippen LogP contribution in [0.2, 0.25) is 0 Å². The minimum Gasteiger partial charge on any atom is -0.511 e. The summed E-state index contributed by atoms with van der Waals surface area (Å²) < 4.78 is 0. The first-order valence-corrected chi connectivity index (χ1v) is 5.69. The molecule has 17 heavy (non-hydrogen) atoms. The van der Waals surface area contributed by atoms with Crippen LogP contribution in [0.5, 0.6) is 0 Å². The van der Waals surface area contributed by atoms with Gasteiger partial charge in [0.05, 0.1) is 12.1 Å². The zero-order valence-electron chi connectivity index (χ0n) is 9.81. The van der Waals surface area contributed by atoms with Crippen LogP contribution in [0.4, 0.5) is 0 Å². The summed E-state index contributed by atoms with van der Waals surface area (Å²) in [6.07, 6.45) is 0.853. The molecule has 1 aliphatic carbocycles. The molecular weight excluding hydrogens is 214 g/mol. The maximum absolute atomic E-state index is 11.5. The van der Waals surface area contributed by atoms with Crippen LogP contribution in [0, 0.1) is 0 Å². The van der Waals surface area contributed by atoms with E-state index >= 15 is 0 Å². The van der Waals surface area contributed by atoms with Gasteiger partial charge in [-0.25, -0.2) is 0 Å². The molecule has 0 radical (unpaired) electrons. The predicted octanol–water partition coefficient (Wildman–Crippen LogP) is 2.82. The van der Waals surface area contributed by atoms with Crippen LogP contribution in [-0.2, 0) is 11.3 Å². The number of aliphatic hydroxyl groups is 1. The molecule has 1 N–H and O–H groups in total. The summed E-state index contributed by atoms with van der Waals surface area (Å²) in [6, 6.07) is 9.84. The normalized spacial score (nSPS) is 16.8. The molecule has 1 aliphatic rings. The second-order valence-electron chi connectivity index (χ2n) is 4.13. The van der Waals surface area contributed by atoms with E-state index in [1.165, 1.54) is 0 Å². The van der Waals surface area contributed by atoms with Gasteiger partial charge in [-0.2, -0.15) is 0 Å². The van der Waals surface area contributed by atoms with E-state index in [1.54, 1.807) is 6.92 Å². The van der Waals surface area contributed by atoms with Crippen LogP contribution in [0.15, 0.2) is 46.7 Å². The summed E-state index contributed by atoms with van der Waals surface area (Å²) in [5, 5.41) is 9.60. The summed E-state index contributed by atoms with van der Waals surface area (Å²) in [5.41, 5.74) is 2.15. The van der Waals surface area contributed by atoms with Crippen molar-refractivity contribution in [2.45, 2.75) is 26.3 Å². The van der Waals surface area contributed by atoms with Gasteiger partial charge in [0, 0.05) is 18.6 Å². The highest BCUT2D eigenvalue weighted by atomic mass is 16.3. The van der Waals surface area contributed by atoms with Crippen LogP contribution in [-0.4, -0.2) is 16.6 Å². The minimum atomic E-state index is -0.00295. The van der Waals surface area contributed by atoms with Gasteiger partial charge in [0.15, 0.2) is 5.78 Å². The standard InChI is InChI=1S/C14H15NO2/c1-10(14-12(16)7-8-13(14)17)15-9-11-5-3-2-4-6-11/h2-6,16H,7-9H2,1H3. The number of aliphatic hydroxyl groups excluding tert-OH is 1. The number of nitrogens with zero attached hydrogens (tertiary/aromatic N) is 1. The van der Waals surface area contributed by atoms with Crippen molar-refractivity contribution in [3.63, 3.8) is 0 Å². The molecule has 0 saturated heterocycles. The van der Waals surface area contributed by atoms with Gasteiger partial charge in [0.2, 0.25) is 0 Å². The number of benzene rings is 1. The Labute approximate surface area is 101 Å². The van der Waals surface area contributed by atoms with Gasteiger partial charge in [-0.15, -0.1) is 0 Å². The fourth-order valence-corrected chi connectivity index (χ4v) is 1.93. The highest BCUT2D eigenvalue weighted by Crippen LogP contribution is 2.22. The molecule has 88 valence electrons. The smallest absolute Gasteiger partial charge is 0.168 e. The van der Waals surface area contributed by atoms with Crippen LogP contribution in [0.1, 0.15) is 25.3 Å². The Morgan fingerprint density at radius 2 is 2.00 bits per heavy atom. The van der Waals surface area contributed by atoms with Gasteiger partial charge in [-0.05, 0) is 12.5 Å². The van der Waals surface area contributed by atoms with Gasteiger partial charge in [-0.3, -0.25) is 9.79 Å². The Kier molecular flexibility index (Phi) is 3.38. The SMILES string of the molecule is CC(=NCc1ccccc1)C1=C(O)CCC1=O.